The van der Waals surface area contributed by atoms with E-state index in [1.165, 1.54) is 6.21 Å². The zero-order chi connectivity index (χ0) is 22.3. The molecule has 0 aliphatic rings. The van der Waals surface area contributed by atoms with E-state index >= 15 is 0 Å². The number of amides is 1. The minimum atomic E-state index is -1.92. The van der Waals surface area contributed by atoms with Crippen molar-refractivity contribution >= 4 is 34.0 Å². The molecule has 0 fully saturated rings. The number of carbonyl (C=O) groups is 2. The van der Waals surface area contributed by atoms with Gasteiger partial charge in [-0.3, -0.25) is 4.79 Å². The number of halogens is 1. The molecule has 0 radical (unpaired) electrons. The van der Waals surface area contributed by atoms with Gasteiger partial charge in [0.25, 0.3) is 5.91 Å². The molecule has 8 heteroatoms. The molecule has 0 spiro atoms. The highest BCUT2D eigenvalue weighted by Gasteiger charge is 2.39. The number of carbonyl (C=O) groups excluding carboxylic acids is 1. The van der Waals surface area contributed by atoms with E-state index in [2.05, 4.69) is 26.5 Å². The predicted octanol–water partition coefficient (Wildman–Crippen LogP) is 3.30. The standard InChI is InChI=1S/C23H19BrN2O5/c24-19-13-16(11-12-20(19)31-15-21(27)28)14-25-26-22(29)23(30,17-7-3-1-4-8-17)18-9-5-2-6-10-18/h1-14,30H,15H2,(H,26,29)(H,27,28)/b25-14+. The van der Waals surface area contributed by atoms with Crippen LogP contribution < -0.4 is 10.2 Å². The van der Waals surface area contributed by atoms with Crippen LogP contribution in [0, 0.1) is 0 Å². The molecule has 0 aliphatic carbocycles. The summed E-state index contributed by atoms with van der Waals surface area (Å²) in [5, 5.41) is 24.0. The Balaban J connectivity index is 1.78. The first-order chi connectivity index (χ1) is 14.9. The molecule has 0 aromatic heterocycles. The average molecular weight is 483 g/mol. The second-order valence-corrected chi connectivity index (χ2v) is 7.37. The highest BCUT2D eigenvalue weighted by Crippen LogP contribution is 2.30. The van der Waals surface area contributed by atoms with Crippen LogP contribution in [-0.4, -0.2) is 34.9 Å². The third kappa shape index (κ3) is 5.36. The van der Waals surface area contributed by atoms with Gasteiger partial charge in [0.1, 0.15) is 5.75 Å². The highest BCUT2D eigenvalue weighted by atomic mass is 79.9. The van der Waals surface area contributed by atoms with E-state index in [0.29, 0.717) is 26.9 Å². The van der Waals surface area contributed by atoms with Crippen LogP contribution in [0.15, 0.2) is 88.4 Å². The molecule has 7 nitrogen and oxygen atoms in total. The summed E-state index contributed by atoms with van der Waals surface area (Å²) in [5.74, 6) is -1.42. The van der Waals surface area contributed by atoms with Crippen molar-refractivity contribution in [3.05, 3.63) is 100 Å². The predicted molar refractivity (Wildman–Crippen MR) is 119 cm³/mol. The SMILES string of the molecule is O=C(O)COc1ccc(/C=N/NC(=O)C(O)(c2ccccc2)c2ccccc2)cc1Br. The van der Waals surface area contributed by atoms with E-state index in [9.17, 15) is 14.7 Å². The molecule has 3 N–H and O–H groups in total. The number of hydrazone groups is 1. The molecule has 1 amide bonds. The van der Waals surface area contributed by atoms with E-state index < -0.39 is 24.1 Å². The Kier molecular flexibility index (Phi) is 7.17. The van der Waals surface area contributed by atoms with Crippen molar-refractivity contribution in [2.45, 2.75) is 5.60 Å². The van der Waals surface area contributed by atoms with Crippen molar-refractivity contribution in [3.63, 3.8) is 0 Å². The molecule has 158 valence electrons. The first-order valence-electron chi connectivity index (χ1n) is 9.22. The summed E-state index contributed by atoms with van der Waals surface area (Å²) in [7, 11) is 0. The second-order valence-electron chi connectivity index (χ2n) is 6.51. The van der Waals surface area contributed by atoms with Gasteiger partial charge in [-0.25, -0.2) is 10.2 Å². The minimum absolute atomic E-state index is 0.367. The first-order valence-corrected chi connectivity index (χ1v) is 10.0. The number of nitrogens with one attached hydrogen (secondary N) is 1. The molecule has 3 aromatic carbocycles. The Morgan fingerprint density at radius 3 is 2.10 bits per heavy atom. The average Bonchev–Trinajstić information content (AvgIpc) is 2.79. The summed E-state index contributed by atoms with van der Waals surface area (Å²) >= 11 is 3.30. The minimum Gasteiger partial charge on any atom is -0.481 e. The number of carboxylic acid groups (broad SMARTS) is 1. The monoisotopic (exact) mass is 482 g/mol. The van der Waals surface area contributed by atoms with E-state index in [4.69, 9.17) is 9.84 Å². The first kappa shape index (κ1) is 22.2. The number of rotatable bonds is 8. The van der Waals surface area contributed by atoms with Crippen LogP contribution in [0.5, 0.6) is 5.75 Å². The normalized spacial score (nSPS) is 11.3. The fourth-order valence-corrected chi connectivity index (χ4v) is 3.40. The number of nitrogens with zero attached hydrogens (tertiary/aromatic N) is 1. The van der Waals surface area contributed by atoms with E-state index in [1.54, 1.807) is 78.9 Å². The van der Waals surface area contributed by atoms with Crippen molar-refractivity contribution in [2.24, 2.45) is 5.10 Å². The Hall–Kier alpha value is -3.49. The largest absolute Gasteiger partial charge is 0.481 e. The molecule has 0 unspecified atom stereocenters. The van der Waals surface area contributed by atoms with Gasteiger partial charge >= 0.3 is 5.97 Å². The molecule has 0 saturated carbocycles. The Bertz CT molecular complexity index is 1050. The molecular formula is C23H19BrN2O5. The van der Waals surface area contributed by atoms with Gasteiger partial charge in [0.05, 0.1) is 10.7 Å². The molecule has 31 heavy (non-hydrogen) atoms. The topological polar surface area (TPSA) is 108 Å². The van der Waals surface area contributed by atoms with Gasteiger partial charge in [0.2, 0.25) is 0 Å². The van der Waals surface area contributed by atoms with Crippen LogP contribution in [-0.2, 0) is 15.2 Å². The summed E-state index contributed by atoms with van der Waals surface area (Å²) in [6, 6.07) is 22.1. The van der Waals surface area contributed by atoms with Gasteiger partial charge in [0, 0.05) is 0 Å². The zero-order valence-corrected chi connectivity index (χ0v) is 17.8. The molecule has 3 rings (SSSR count). The van der Waals surface area contributed by atoms with Crippen molar-refractivity contribution in [2.75, 3.05) is 6.61 Å². The number of hydrogen-bond donors (Lipinski definition) is 3. The highest BCUT2D eigenvalue weighted by molar-refractivity contribution is 9.10. The third-order valence-electron chi connectivity index (χ3n) is 4.40. The molecule has 0 bridgehead atoms. The van der Waals surface area contributed by atoms with Crippen LogP contribution in [0.2, 0.25) is 0 Å². The van der Waals surface area contributed by atoms with E-state index in [0.717, 1.165) is 0 Å². The number of ether oxygens (including phenoxy) is 1. The quantitative estimate of drug-likeness (QED) is 0.337. The van der Waals surface area contributed by atoms with E-state index in [1.807, 2.05) is 0 Å². The van der Waals surface area contributed by atoms with Gasteiger partial charge in [-0.2, -0.15) is 5.10 Å². The van der Waals surface area contributed by atoms with Crippen molar-refractivity contribution in [1.82, 2.24) is 5.43 Å². The molecule has 0 atom stereocenters. The smallest absolute Gasteiger partial charge is 0.341 e. The number of hydrogen-bond acceptors (Lipinski definition) is 5. The lowest BCUT2D eigenvalue weighted by Crippen LogP contribution is -2.43. The maximum Gasteiger partial charge on any atom is 0.341 e. The fraction of sp³-hybridized carbons (Fsp3) is 0.0870. The lowest BCUT2D eigenvalue weighted by molar-refractivity contribution is -0.139. The van der Waals surface area contributed by atoms with Crippen molar-refractivity contribution < 1.29 is 24.5 Å². The fourth-order valence-electron chi connectivity index (χ4n) is 2.89. The molecule has 3 aromatic rings. The summed E-state index contributed by atoms with van der Waals surface area (Å²) in [4.78, 5) is 23.6. The van der Waals surface area contributed by atoms with Crippen LogP contribution in [0.4, 0.5) is 0 Å². The van der Waals surface area contributed by atoms with E-state index in [-0.39, 0.29) is 0 Å². The van der Waals surface area contributed by atoms with Crippen LogP contribution in [0.25, 0.3) is 0 Å². The Labute approximate surface area is 187 Å². The third-order valence-corrected chi connectivity index (χ3v) is 5.02. The van der Waals surface area contributed by atoms with Crippen LogP contribution in [0.3, 0.4) is 0 Å². The zero-order valence-electron chi connectivity index (χ0n) is 16.2. The maximum atomic E-state index is 13.0. The Morgan fingerprint density at radius 2 is 1.58 bits per heavy atom. The van der Waals surface area contributed by atoms with Gasteiger partial charge in [0.15, 0.2) is 12.2 Å². The molecular weight excluding hydrogens is 464 g/mol. The van der Waals surface area contributed by atoms with Crippen LogP contribution >= 0.6 is 15.9 Å². The Morgan fingerprint density at radius 1 is 1.00 bits per heavy atom. The summed E-state index contributed by atoms with van der Waals surface area (Å²) < 4.78 is 5.68. The van der Waals surface area contributed by atoms with Gasteiger partial charge < -0.3 is 14.9 Å². The van der Waals surface area contributed by atoms with Crippen molar-refractivity contribution in [1.29, 1.82) is 0 Å². The second kappa shape index (κ2) is 10.0. The number of benzene rings is 3. The van der Waals surface area contributed by atoms with Crippen LogP contribution in [0.1, 0.15) is 16.7 Å². The lowest BCUT2D eigenvalue weighted by atomic mass is 9.85. The molecule has 0 saturated heterocycles. The number of aliphatic carboxylic acids is 1. The van der Waals surface area contributed by atoms with Gasteiger partial charge in [-0.15, -0.1) is 0 Å². The number of aliphatic hydroxyl groups is 1. The maximum absolute atomic E-state index is 13.0. The van der Waals surface area contributed by atoms with Gasteiger partial charge in [-0.1, -0.05) is 60.7 Å². The molecule has 0 heterocycles. The summed E-state index contributed by atoms with van der Waals surface area (Å²) in [5.41, 5.74) is 1.93. The van der Waals surface area contributed by atoms with Gasteiger partial charge in [-0.05, 0) is 50.8 Å². The molecule has 0 aliphatic heterocycles. The lowest BCUT2D eigenvalue weighted by Gasteiger charge is -2.27. The number of carboxylic acids is 1. The summed E-state index contributed by atoms with van der Waals surface area (Å²) in [6.07, 6.45) is 1.40. The summed E-state index contributed by atoms with van der Waals surface area (Å²) in [6.45, 7) is -0.459. The van der Waals surface area contributed by atoms with Crippen molar-refractivity contribution in [3.8, 4) is 5.75 Å².